The normalized spacial score (nSPS) is 18.8. The van der Waals surface area contributed by atoms with Crippen molar-refractivity contribution >= 4 is 11.3 Å². The van der Waals surface area contributed by atoms with Crippen LogP contribution in [-0.2, 0) is 6.54 Å². The number of aromatic nitrogens is 1. The van der Waals surface area contributed by atoms with Crippen molar-refractivity contribution in [2.45, 2.75) is 25.4 Å². The highest BCUT2D eigenvalue weighted by molar-refractivity contribution is 7.07. The van der Waals surface area contributed by atoms with E-state index >= 15 is 0 Å². The Morgan fingerprint density at radius 2 is 2.14 bits per heavy atom. The fraction of sp³-hybridized carbons (Fsp3) is 0.278. The number of rotatable bonds is 4. The lowest BCUT2D eigenvalue weighted by atomic mass is 10.1. The molecular formula is C18H18N2OS. The third-order valence-corrected chi connectivity index (χ3v) is 4.93. The molecule has 0 aliphatic carbocycles. The van der Waals surface area contributed by atoms with Gasteiger partial charge in [-0.1, -0.05) is 18.2 Å². The molecule has 0 saturated carbocycles. The molecule has 1 saturated heterocycles. The molecule has 1 aliphatic heterocycles. The van der Waals surface area contributed by atoms with Crippen molar-refractivity contribution in [3.05, 3.63) is 64.7 Å². The minimum Gasteiger partial charge on any atom is -0.444 e. The van der Waals surface area contributed by atoms with Crippen LogP contribution in [0.4, 0.5) is 0 Å². The SMILES string of the molecule is c1ccc(-c2nc(CN3CCC[C@H]3c3ccsc3)co2)cc1. The molecule has 4 rings (SSSR count). The lowest BCUT2D eigenvalue weighted by Crippen LogP contribution is -2.22. The summed E-state index contributed by atoms with van der Waals surface area (Å²) in [5.74, 6) is 0.710. The largest absolute Gasteiger partial charge is 0.444 e. The molecule has 3 heterocycles. The van der Waals surface area contributed by atoms with Crippen LogP contribution in [-0.4, -0.2) is 16.4 Å². The number of nitrogens with zero attached hydrogens (tertiary/aromatic N) is 2. The Kier molecular flexibility index (Phi) is 3.79. The van der Waals surface area contributed by atoms with Crippen LogP contribution < -0.4 is 0 Å². The fourth-order valence-electron chi connectivity index (χ4n) is 3.16. The summed E-state index contributed by atoms with van der Waals surface area (Å²) >= 11 is 1.78. The number of hydrogen-bond donors (Lipinski definition) is 0. The van der Waals surface area contributed by atoms with Gasteiger partial charge in [0.1, 0.15) is 6.26 Å². The van der Waals surface area contributed by atoms with Gasteiger partial charge in [0.2, 0.25) is 5.89 Å². The minimum absolute atomic E-state index is 0.531. The predicted octanol–water partition coefficient (Wildman–Crippen LogP) is 4.74. The second kappa shape index (κ2) is 6.07. The van der Waals surface area contributed by atoms with Gasteiger partial charge >= 0.3 is 0 Å². The van der Waals surface area contributed by atoms with E-state index in [4.69, 9.17) is 4.42 Å². The Morgan fingerprint density at radius 1 is 1.23 bits per heavy atom. The summed E-state index contributed by atoms with van der Waals surface area (Å²) in [5, 5.41) is 4.43. The van der Waals surface area contributed by atoms with Gasteiger partial charge in [-0.15, -0.1) is 0 Å². The molecule has 0 bridgehead atoms. The summed E-state index contributed by atoms with van der Waals surface area (Å²) in [6.07, 6.45) is 4.29. The van der Waals surface area contributed by atoms with Gasteiger partial charge in [-0.3, -0.25) is 4.90 Å². The first-order valence-electron chi connectivity index (χ1n) is 7.66. The van der Waals surface area contributed by atoms with Gasteiger partial charge in [0.15, 0.2) is 0 Å². The topological polar surface area (TPSA) is 29.3 Å². The molecule has 0 amide bonds. The van der Waals surface area contributed by atoms with Crippen molar-refractivity contribution in [3.8, 4) is 11.5 Å². The first kappa shape index (κ1) is 13.7. The van der Waals surface area contributed by atoms with Gasteiger partial charge in [0.05, 0.1) is 5.69 Å². The van der Waals surface area contributed by atoms with E-state index in [0.29, 0.717) is 11.9 Å². The fourth-order valence-corrected chi connectivity index (χ4v) is 3.87. The summed E-state index contributed by atoms with van der Waals surface area (Å²) in [6, 6.07) is 12.8. The van der Waals surface area contributed by atoms with E-state index in [1.54, 1.807) is 17.6 Å². The molecule has 4 heteroatoms. The highest BCUT2D eigenvalue weighted by Crippen LogP contribution is 2.34. The van der Waals surface area contributed by atoms with Crippen LogP contribution in [0.3, 0.4) is 0 Å². The van der Waals surface area contributed by atoms with Gasteiger partial charge in [-0.25, -0.2) is 4.98 Å². The lowest BCUT2D eigenvalue weighted by molar-refractivity contribution is 0.246. The average molecular weight is 310 g/mol. The highest BCUT2D eigenvalue weighted by atomic mass is 32.1. The number of hydrogen-bond acceptors (Lipinski definition) is 4. The molecule has 0 radical (unpaired) electrons. The highest BCUT2D eigenvalue weighted by Gasteiger charge is 2.27. The molecule has 1 aromatic carbocycles. The van der Waals surface area contributed by atoms with Gasteiger partial charge in [0, 0.05) is 18.2 Å². The summed E-state index contributed by atoms with van der Waals surface area (Å²) in [7, 11) is 0. The van der Waals surface area contributed by atoms with Crippen LogP contribution in [0.1, 0.15) is 30.1 Å². The van der Waals surface area contributed by atoms with Crippen molar-refractivity contribution in [3.63, 3.8) is 0 Å². The van der Waals surface area contributed by atoms with Gasteiger partial charge in [-0.2, -0.15) is 11.3 Å². The summed E-state index contributed by atoms with van der Waals surface area (Å²) in [4.78, 5) is 7.16. The van der Waals surface area contributed by atoms with Gasteiger partial charge in [0.25, 0.3) is 0 Å². The Bertz CT molecular complexity index is 721. The summed E-state index contributed by atoms with van der Waals surface area (Å²) in [6.45, 7) is 1.99. The molecule has 1 fully saturated rings. The van der Waals surface area contributed by atoms with E-state index in [1.165, 1.54) is 18.4 Å². The number of benzene rings is 1. The van der Waals surface area contributed by atoms with E-state index in [0.717, 1.165) is 24.3 Å². The van der Waals surface area contributed by atoms with E-state index in [1.807, 2.05) is 30.3 Å². The van der Waals surface area contributed by atoms with E-state index in [-0.39, 0.29) is 0 Å². The van der Waals surface area contributed by atoms with E-state index in [2.05, 4.69) is 26.7 Å². The zero-order valence-electron chi connectivity index (χ0n) is 12.3. The Hall–Kier alpha value is -1.91. The molecular weight excluding hydrogens is 292 g/mol. The Balaban J connectivity index is 1.51. The van der Waals surface area contributed by atoms with E-state index in [9.17, 15) is 0 Å². The first-order chi connectivity index (χ1) is 10.9. The zero-order chi connectivity index (χ0) is 14.8. The van der Waals surface area contributed by atoms with Crippen LogP contribution in [0.2, 0.25) is 0 Å². The quantitative estimate of drug-likeness (QED) is 0.697. The van der Waals surface area contributed by atoms with Crippen LogP contribution in [0.5, 0.6) is 0 Å². The van der Waals surface area contributed by atoms with Crippen molar-refractivity contribution in [1.29, 1.82) is 0 Å². The van der Waals surface area contributed by atoms with Crippen LogP contribution in [0.15, 0.2) is 57.8 Å². The summed E-state index contributed by atoms with van der Waals surface area (Å²) < 4.78 is 5.65. The third-order valence-electron chi connectivity index (χ3n) is 4.23. The molecule has 3 aromatic rings. The average Bonchev–Trinajstić information content (AvgIpc) is 3.30. The summed E-state index contributed by atoms with van der Waals surface area (Å²) in [5.41, 5.74) is 3.49. The zero-order valence-corrected chi connectivity index (χ0v) is 13.1. The minimum atomic E-state index is 0.531. The maximum atomic E-state index is 5.65. The molecule has 0 unspecified atom stereocenters. The molecule has 3 nitrogen and oxygen atoms in total. The molecule has 1 aliphatic rings. The number of likely N-dealkylation sites (tertiary alicyclic amines) is 1. The lowest BCUT2D eigenvalue weighted by Gasteiger charge is -2.22. The van der Waals surface area contributed by atoms with Crippen molar-refractivity contribution in [1.82, 2.24) is 9.88 Å². The number of thiophene rings is 1. The molecule has 2 aromatic heterocycles. The van der Waals surface area contributed by atoms with Crippen molar-refractivity contribution in [2.75, 3.05) is 6.54 Å². The molecule has 0 spiro atoms. The van der Waals surface area contributed by atoms with Crippen molar-refractivity contribution in [2.24, 2.45) is 0 Å². The number of oxazole rings is 1. The Morgan fingerprint density at radius 3 is 2.95 bits per heavy atom. The smallest absolute Gasteiger partial charge is 0.226 e. The third kappa shape index (κ3) is 2.72. The molecule has 0 N–H and O–H groups in total. The predicted molar refractivity (Wildman–Crippen MR) is 88.6 cm³/mol. The standard InChI is InChI=1S/C18H18N2OS/c1-2-5-14(6-3-1)18-19-16(12-21-18)11-20-9-4-7-17(20)15-8-10-22-13-15/h1-3,5-6,8,10,12-13,17H,4,7,9,11H2/t17-/m0/s1. The van der Waals surface area contributed by atoms with Crippen LogP contribution >= 0.6 is 11.3 Å². The van der Waals surface area contributed by atoms with Gasteiger partial charge < -0.3 is 4.42 Å². The van der Waals surface area contributed by atoms with E-state index < -0.39 is 0 Å². The second-order valence-corrected chi connectivity index (χ2v) is 6.48. The van der Waals surface area contributed by atoms with Crippen molar-refractivity contribution < 1.29 is 4.42 Å². The maximum Gasteiger partial charge on any atom is 0.226 e. The molecule has 1 atom stereocenters. The molecule has 22 heavy (non-hydrogen) atoms. The first-order valence-corrected chi connectivity index (χ1v) is 8.60. The van der Waals surface area contributed by atoms with Crippen LogP contribution in [0.25, 0.3) is 11.5 Å². The second-order valence-electron chi connectivity index (χ2n) is 5.70. The Labute approximate surface area is 134 Å². The molecule has 112 valence electrons. The van der Waals surface area contributed by atoms with Gasteiger partial charge in [-0.05, 0) is 53.9 Å². The maximum absolute atomic E-state index is 5.65. The monoisotopic (exact) mass is 310 g/mol. The van der Waals surface area contributed by atoms with Crippen LogP contribution in [0, 0.1) is 0 Å².